The predicted octanol–water partition coefficient (Wildman–Crippen LogP) is 2.57. The molecule has 2 amide bonds. The lowest BCUT2D eigenvalue weighted by Crippen LogP contribution is -2.40. The number of methoxy groups -OCH3 is 1. The number of aryl methyl sites for hydroxylation is 1. The minimum Gasteiger partial charge on any atom is -0.496 e. The molecule has 23 heavy (non-hydrogen) atoms. The quantitative estimate of drug-likeness (QED) is 0.565. The summed E-state index contributed by atoms with van der Waals surface area (Å²) in [6.07, 6.45) is 4.57. The van der Waals surface area contributed by atoms with Gasteiger partial charge < -0.3 is 9.72 Å². The topological polar surface area (TPSA) is 83.2 Å². The Morgan fingerprint density at radius 3 is 2.70 bits per heavy atom. The van der Waals surface area contributed by atoms with Crippen molar-refractivity contribution in [2.45, 2.75) is 6.92 Å². The SMILES string of the molecule is COc1ccc(C)cc1/C=C/C(=O)NNC(=O)c1cc(Br)c[nH]1. The van der Waals surface area contributed by atoms with E-state index in [1.165, 1.54) is 6.08 Å². The van der Waals surface area contributed by atoms with Gasteiger partial charge in [-0.05, 0) is 47.1 Å². The number of H-pyrrole nitrogens is 1. The summed E-state index contributed by atoms with van der Waals surface area (Å²) in [5.41, 5.74) is 6.79. The molecule has 1 aromatic carbocycles. The molecular weight excluding hydrogens is 362 g/mol. The van der Waals surface area contributed by atoms with Gasteiger partial charge in [-0.2, -0.15) is 0 Å². The molecule has 0 unspecified atom stereocenters. The minimum atomic E-state index is -0.451. The number of carbonyl (C=O) groups is 2. The van der Waals surface area contributed by atoms with Crippen molar-refractivity contribution in [3.05, 3.63) is 57.8 Å². The molecule has 6 nitrogen and oxygen atoms in total. The third-order valence-electron chi connectivity index (χ3n) is 2.99. The molecule has 0 aliphatic heterocycles. The molecule has 0 radical (unpaired) electrons. The lowest BCUT2D eigenvalue weighted by molar-refractivity contribution is -0.117. The van der Waals surface area contributed by atoms with Crippen molar-refractivity contribution in [2.24, 2.45) is 0 Å². The van der Waals surface area contributed by atoms with Gasteiger partial charge >= 0.3 is 0 Å². The number of hydrogen-bond donors (Lipinski definition) is 3. The zero-order chi connectivity index (χ0) is 16.8. The summed E-state index contributed by atoms with van der Waals surface area (Å²) in [6, 6.07) is 7.26. The Morgan fingerprint density at radius 2 is 2.04 bits per heavy atom. The van der Waals surface area contributed by atoms with Gasteiger partial charge in [0.2, 0.25) is 0 Å². The first kappa shape index (κ1) is 16.8. The third kappa shape index (κ3) is 4.72. The number of hydrogen-bond acceptors (Lipinski definition) is 3. The smallest absolute Gasteiger partial charge is 0.286 e. The molecule has 0 fully saturated rings. The molecule has 0 bridgehead atoms. The first-order valence-corrected chi connectivity index (χ1v) is 7.56. The summed E-state index contributed by atoms with van der Waals surface area (Å²) in [4.78, 5) is 26.3. The lowest BCUT2D eigenvalue weighted by Gasteiger charge is -2.06. The Hall–Kier alpha value is -2.54. The van der Waals surface area contributed by atoms with E-state index in [1.54, 1.807) is 25.4 Å². The van der Waals surface area contributed by atoms with Crippen LogP contribution >= 0.6 is 15.9 Å². The molecule has 0 aliphatic carbocycles. The third-order valence-corrected chi connectivity index (χ3v) is 3.45. The second-order valence-electron chi connectivity index (χ2n) is 4.75. The molecular formula is C16H16BrN3O3. The fraction of sp³-hybridized carbons (Fsp3) is 0.125. The highest BCUT2D eigenvalue weighted by atomic mass is 79.9. The van der Waals surface area contributed by atoms with Crippen molar-refractivity contribution in [3.8, 4) is 5.75 Å². The van der Waals surface area contributed by atoms with Crippen LogP contribution in [0.25, 0.3) is 6.08 Å². The number of halogens is 1. The normalized spacial score (nSPS) is 10.6. The van der Waals surface area contributed by atoms with Crippen LogP contribution < -0.4 is 15.6 Å². The maximum absolute atomic E-state index is 11.8. The maximum Gasteiger partial charge on any atom is 0.286 e. The van der Waals surface area contributed by atoms with Crippen LogP contribution in [0.15, 0.2) is 41.0 Å². The zero-order valence-corrected chi connectivity index (χ0v) is 14.2. The number of nitrogens with one attached hydrogen (secondary N) is 3. The molecule has 0 saturated carbocycles. The van der Waals surface area contributed by atoms with Gasteiger partial charge in [0.25, 0.3) is 11.8 Å². The summed E-state index contributed by atoms with van der Waals surface area (Å²) in [5, 5.41) is 0. The average molecular weight is 378 g/mol. The molecule has 0 aliphatic rings. The molecule has 1 heterocycles. The largest absolute Gasteiger partial charge is 0.496 e. The molecule has 2 aromatic rings. The number of hydrazine groups is 1. The van der Waals surface area contributed by atoms with Crippen LogP contribution in [0.4, 0.5) is 0 Å². The Balaban J connectivity index is 1.94. The van der Waals surface area contributed by atoms with Crippen LogP contribution in [-0.4, -0.2) is 23.9 Å². The minimum absolute atomic E-state index is 0.335. The maximum atomic E-state index is 11.8. The number of benzene rings is 1. The van der Waals surface area contributed by atoms with Gasteiger partial charge in [0.05, 0.1) is 7.11 Å². The van der Waals surface area contributed by atoms with Gasteiger partial charge in [0.15, 0.2) is 0 Å². The predicted molar refractivity (Wildman–Crippen MR) is 90.9 cm³/mol. The van der Waals surface area contributed by atoms with Gasteiger partial charge in [-0.3, -0.25) is 20.4 Å². The monoisotopic (exact) mass is 377 g/mol. The standard InChI is InChI=1S/C16H16BrN3O3/c1-10-3-5-14(23-2)11(7-10)4-6-15(21)19-20-16(22)13-8-12(17)9-18-13/h3-9,18H,1-2H3,(H,19,21)(H,20,22)/b6-4+. The molecule has 7 heteroatoms. The lowest BCUT2D eigenvalue weighted by atomic mass is 10.1. The van der Waals surface area contributed by atoms with E-state index < -0.39 is 11.8 Å². The second kappa shape index (κ2) is 7.64. The average Bonchev–Trinajstić information content (AvgIpc) is 2.97. The molecule has 0 atom stereocenters. The van der Waals surface area contributed by atoms with E-state index in [2.05, 4.69) is 31.8 Å². The molecule has 120 valence electrons. The number of amides is 2. The van der Waals surface area contributed by atoms with Crippen molar-refractivity contribution < 1.29 is 14.3 Å². The van der Waals surface area contributed by atoms with Crippen molar-refractivity contribution in [2.75, 3.05) is 7.11 Å². The van der Waals surface area contributed by atoms with E-state index in [4.69, 9.17) is 4.74 Å². The van der Waals surface area contributed by atoms with Crippen LogP contribution in [0, 0.1) is 6.92 Å². The molecule has 1 aromatic heterocycles. The van der Waals surface area contributed by atoms with Crippen molar-refractivity contribution in [1.29, 1.82) is 0 Å². The van der Waals surface area contributed by atoms with Crippen LogP contribution in [-0.2, 0) is 4.79 Å². The van der Waals surface area contributed by atoms with E-state index >= 15 is 0 Å². The fourth-order valence-electron chi connectivity index (χ4n) is 1.88. The zero-order valence-electron chi connectivity index (χ0n) is 12.6. The van der Waals surface area contributed by atoms with Gasteiger partial charge in [-0.25, -0.2) is 0 Å². The summed E-state index contributed by atoms with van der Waals surface area (Å²) in [6.45, 7) is 1.95. The molecule has 0 saturated heterocycles. The Morgan fingerprint density at radius 1 is 1.26 bits per heavy atom. The first-order chi connectivity index (χ1) is 11.0. The van der Waals surface area contributed by atoms with Crippen molar-refractivity contribution in [1.82, 2.24) is 15.8 Å². The van der Waals surface area contributed by atoms with Crippen molar-refractivity contribution >= 4 is 33.8 Å². The summed E-state index contributed by atoms with van der Waals surface area (Å²) < 4.78 is 5.98. The van der Waals surface area contributed by atoms with Gasteiger partial charge in [-0.15, -0.1) is 0 Å². The number of aromatic amines is 1. The Labute approximate surface area is 142 Å². The van der Waals surface area contributed by atoms with Crippen LogP contribution in [0.3, 0.4) is 0 Å². The summed E-state index contributed by atoms with van der Waals surface area (Å²) in [5.74, 6) is -0.224. The van der Waals surface area contributed by atoms with E-state index in [9.17, 15) is 9.59 Å². The molecule has 3 N–H and O–H groups in total. The fourth-order valence-corrected chi connectivity index (χ4v) is 2.22. The number of ether oxygens (including phenoxy) is 1. The van der Waals surface area contributed by atoms with Gasteiger partial charge in [0, 0.05) is 22.3 Å². The van der Waals surface area contributed by atoms with Crippen LogP contribution in [0.5, 0.6) is 5.75 Å². The van der Waals surface area contributed by atoms with E-state index in [0.717, 1.165) is 15.6 Å². The Bertz CT molecular complexity index is 753. The van der Waals surface area contributed by atoms with Crippen LogP contribution in [0.1, 0.15) is 21.6 Å². The van der Waals surface area contributed by atoms with Crippen LogP contribution in [0.2, 0.25) is 0 Å². The van der Waals surface area contributed by atoms with Gasteiger partial charge in [-0.1, -0.05) is 11.6 Å². The number of carbonyl (C=O) groups excluding carboxylic acids is 2. The highest BCUT2D eigenvalue weighted by Crippen LogP contribution is 2.20. The highest BCUT2D eigenvalue weighted by Gasteiger charge is 2.08. The molecule has 2 rings (SSSR count). The van der Waals surface area contributed by atoms with Crippen molar-refractivity contribution in [3.63, 3.8) is 0 Å². The highest BCUT2D eigenvalue weighted by molar-refractivity contribution is 9.10. The summed E-state index contributed by atoms with van der Waals surface area (Å²) >= 11 is 3.23. The van der Waals surface area contributed by atoms with E-state index in [1.807, 2.05) is 25.1 Å². The van der Waals surface area contributed by atoms with Gasteiger partial charge in [0.1, 0.15) is 11.4 Å². The Kier molecular flexibility index (Phi) is 5.59. The number of rotatable bonds is 4. The first-order valence-electron chi connectivity index (χ1n) is 6.76. The van der Waals surface area contributed by atoms with E-state index in [-0.39, 0.29) is 0 Å². The number of aromatic nitrogens is 1. The molecule has 0 spiro atoms. The second-order valence-corrected chi connectivity index (χ2v) is 5.67. The summed E-state index contributed by atoms with van der Waals surface area (Å²) in [7, 11) is 1.57. The van der Waals surface area contributed by atoms with E-state index in [0.29, 0.717) is 11.4 Å².